The number of carboxylic acids is 1. The van der Waals surface area contributed by atoms with Crippen LogP contribution < -0.4 is 0 Å². The second-order valence-corrected chi connectivity index (χ2v) is 2.71. The summed E-state index contributed by atoms with van der Waals surface area (Å²) in [6, 6.07) is 0. The molecule has 0 aliphatic rings. The molecular weight excluding hydrogens is 172 g/mol. The zero-order valence-electron chi connectivity index (χ0n) is 7.23. The molecule has 1 aromatic heterocycles. The zero-order valence-corrected chi connectivity index (χ0v) is 7.23. The van der Waals surface area contributed by atoms with Crippen LogP contribution in [0.2, 0.25) is 0 Å². The number of carbonyl (C=O) groups excluding carboxylic acids is 1. The molecule has 0 fully saturated rings. The van der Waals surface area contributed by atoms with Crippen molar-refractivity contribution in [1.82, 2.24) is 9.55 Å². The largest absolute Gasteiger partial charge is 0.481 e. The van der Waals surface area contributed by atoms with Crippen LogP contribution in [-0.2, 0) is 11.8 Å². The Balaban J connectivity index is 2.59. The maximum absolute atomic E-state index is 11.3. The monoisotopic (exact) mass is 182 g/mol. The number of rotatable bonds is 4. The molecule has 0 aliphatic heterocycles. The summed E-state index contributed by atoms with van der Waals surface area (Å²) >= 11 is 0. The number of hydrogen-bond donors (Lipinski definition) is 1. The van der Waals surface area contributed by atoms with Crippen molar-refractivity contribution in [1.29, 1.82) is 0 Å². The van der Waals surface area contributed by atoms with Gasteiger partial charge in [0.15, 0.2) is 5.78 Å². The summed E-state index contributed by atoms with van der Waals surface area (Å²) in [4.78, 5) is 25.3. The summed E-state index contributed by atoms with van der Waals surface area (Å²) in [5, 5.41) is 8.35. The first-order valence-electron chi connectivity index (χ1n) is 3.82. The number of carbonyl (C=O) groups is 2. The van der Waals surface area contributed by atoms with Crippen molar-refractivity contribution < 1.29 is 14.7 Å². The van der Waals surface area contributed by atoms with Crippen molar-refractivity contribution in [2.75, 3.05) is 0 Å². The van der Waals surface area contributed by atoms with E-state index >= 15 is 0 Å². The van der Waals surface area contributed by atoms with E-state index in [4.69, 9.17) is 5.11 Å². The molecule has 0 unspecified atom stereocenters. The lowest BCUT2D eigenvalue weighted by Gasteiger charge is -1.98. The predicted octanol–water partition coefficient (Wildman–Crippen LogP) is 0.468. The van der Waals surface area contributed by atoms with Gasteiger partial charge in [-0.25, -0.2) is 4.98 Å². The number of ketones is 1. The van der Waals surface area contributed by atoms with Crippen LogP contribution in [-0.4, -0.2) is 26.4 Å². The maximum atomic E-state index is 11.3. The highest BCUT2D eigenvalue weighted by Crippen LogP contribution is 2.03. The minimum atomic E-state index is -0.962. The predicted molar refractivity (Wildman–Crippen MR) is 44.4 cm³/mol. The minimum Gasteiger partial charge on any atom is -0.481 e. The van der Waals surface area contributed by atoms with Crippen molar-refractivity contribution in [2.24, 2.45) is 7.05 Å². The molecule has 0 spiro atoms. The van der Waals surface area contributed by atoms with Crippen molar-refractivity contribution in [3.05, 3.63) is 18.2 Å². The fourth-order valence-corrected chi connectivity index (χ4v) is 0.974. The molecule has 0 saturated heterocycles. The van der Waals surface area contributed by atoms with E-state index in [2.05, 4.69) is 4.98 Å². The van der Waals surface area contributed by atoms with Gasteiger partial charge in [0.2, 0.25) is 0 Å². The van der Waals surface area contributed by atoms with Gasteiger partial charge in [0.05, 0.1) is 18.9 Å². The van der Waals surface area contributed by atoms with Crippen LogP contribution >= 0.6 is 0 Å². The van der Waals surface area contributed by atoms with Gasteiger partial charge < -0.3 is 9.67 Å². The number of Topliss-reactive ketones (excluding diaryl/α,β-unsaturated/α-hetero) is 1. The van der Waals surface area contributed by atoms with Crippen LogP contribution in [0.3, 0.4) is 0 Å². The van der Waals surface area contributed by atoms with Crippen molar-refractivity contribution in [2.45, 2.75) is 12.8 Å². The van der Waals surface area contributed by atoms with E-state index in [1.165, 1.54) is 12.5 Å². The molecular formula is C8H10N2O3. The summed E-state index contributed by atoms with van der Waals surface area (Å²) in [7, 11) is 1.70. The van der Waals surface area contributed by atoms with Crippen LogP contribution in [0.5, 0.6) is 0 Å². The average molecular weight is 182 g/mol. The second-order valence-electron chi connectivity index (χ2n) is 2.71. The molecule has 5 nitrogen and oxygen atoms in total. The van der Waals surface area contributed by atoms with Gasteiger partial charge in [-0.3, -0.25) is 9.59 Å². The Morgan fingerprint density at radius 1 is 1.54 bits per heavy atom. The molecule has 0 amide bonds. The Hall–Kier alpha value is -1.65. The SMILES string of the molecule is Cn1cncc1C(=O)CCC(=O)O. The molecule has 0 aliphatic carbocycles. The summed E-state index contributed by atoms with van der Waals surface area (Å²) in [6.07, 6.45) is 2.83. The molecule has 1 heterocycles. The van der Waals surface area contributed by atoms with Gasteiger partial charge >= 0.3 is 5.97 Å². The quantitative estimate of drug-likeness (QED) is 0.687. The number of aryl methyl sites for hydroxylation is 1. The first-order chi connectivity index (χ1) is 6.11. The lowest BCUT2D eigenvalue weighted by molar-refractivity contribution is -0.136. The Labute approximate surface area is 75.0 Å². The lowest BCUT2D eigenvalue weighted by Crippen LogP contribution is -2.07. The van der Waals surface area contributed by atoms with E-state index in [0.29, 0.717) is 5.69 Å². The topological polar surface area (TPSA) is 72.2 Å². The molecule has 0 bridgehead atoms. The molecule has 0 radical (unpaired) electrons. The zero-order chi connectivity index (χ0) is 9.84. The van der Waals surface area contributed by atoms with Crippen LogP contribution in [0.25, 0.3) is 0 Å². The molecule has 1 aromatic rings. The number of nitrogens with zero attached hydrogens (tertiary/aromatic N) is 2. The van der Waals surface area contributed by atoms with Crippen LogP contribution in [0.1, 0.15) is 23.3 Å². The summed E-state index contributed by atoms with van der Waals surface area (Å²) in [6.45, 7) is 0. The average Bonchev–Trinajstić information content (AvgIpc) is 2.47. The third-order valence-electron chi connectivity index (χ3n) is 1.67. The van der Waals surface area contributed by atoms with Crippen LogP contribution in [0.15, 0.2) is 12.5 Å². The fraction of sp³-hybridized carbons (Fsp3) is 0.375. The third-order valence-corrected chi connectivity index (χ3v) is 1.67. The molecule has 0 saturated carbocycles. The highest BCUT2D eigenvalue weighted by atomic mass is 16.4. The number of aliphatic carboxylic acids is 1. The first-order valence-corrected chi connectivity index (χ1v) is 3.82. The third kappa shape index (κ3) is 2.40. The first kappa shape index (κ1) is 9.44. The smallest absolute Gasteiger partial charge is 0.303 e. The fourth-order valence-electron chi connectivity index (χ4n) is 0.974. The molecule has 0 atom stereocenters. The van der Waals surface area contributed by atoms with Crippen molar-refractivity contribution in [3.8, 4) is 0 Å². The lowest BCUT2D eigenvalue weighted by atomic mass is 10.2. The normalized spacial score (nSPS) is 9.92. The van der Waals surface area contributed by atoms with Gasteiger partial charge in [-0.2, -0.15) is 0 Å². The van der Waals surface area contributed by atoms with Crippen molar-refractivity contribution >= 4 is 11.8 Å². The molecule has 1 N–H and O–H groups in total. The van der Waals surface area contributed by atoms with E-state index in [1.807, 2.05) is 0 Å². The van der Waals surface area contributed by atoms with Gasteiger partial charge in [0.25, 0.3) is 0 Å². The Morgan fingerprint density at radius 2 is 2.23 bits per heavy atom. The van der Waals surface area contributed by atoms with E-state index in [-0.39, 0.29) is 18.6 Å². The summed E-state index contributed by atoms with van der Waals surface area (Å²) in [5.41, 5.74) is 0.446. The molecule has 1 rings (SSSR count). The van der Waals surface area contributed by atoms with Crippen LogP contribution in [0, 0.1) is 0 Å². The van der Waals surface area contributed by atoms with Gasteiger partial charge in [-0.15, -0.1) is 0 Å². The molecule has 70 valence electrons. The van der Waals surface area contributed by atoms with Crippen molar-refractivity contribution in [3.63, 3.8) is 0 Å². The minimum absolute atomic E-state index is 0.0227. The molecule has 5 heteroatoms. The second kappa shape index (κ2) is 3.84. The Kier molecular flexibility index (Phi) is 2.79. The number of imidazole rings is 1. The highest BCUT2D eigenvalue weighted by Gasteiger charge is 2.10. The van der Waals surface area contributed by atoms with E-state index < -0.39 is 5.97 Å². The van der Waals surface area contributed by atoms with Crippen LogP contribution in [0.4, 0.5) is 0 Å². The van der Waals surface area contributed by atoms with E-state index in [1.54, 1.807) is 11.6 Å². The van der Waals surface area contributed by atoms with Gasteiger partial charge in [-0.1, -0.05) is 0 Å². The number of aromatic nitrogens is 2. The summed E-state index contributed by atoms with van der Waals surface area (Å²) < 4.78 is 1.57. The Bertz CT molecular complexity index is 330. The van der Waals surface area contributed by atoms with Gasteiger partial charge in [-0.05, 0) is 0 Å². The Morgan fingerprint density at radius 3 is 2.69 bits per heavy atom. The van der Waals surface area contributed by atoms with Gasteiger partial charge in [0.1, 0.15) is 5.69 Å². The van der Waals surface area contributed by atoms with E-state index in [9.17, 15) is 9.59 Å². The molecule has 13 heavy (non-hydrogen) atoms. The highest BCUT2D eigenvalue weighted by molar-refractivity contribution is 5.95. The molecule has 0 aromatic carbocycles. The summed E-state index contributed by atoms with van der Waals surface area (Å²) in [5.74, 6) is -1.15. The van der Waals surface area contributed by atoms with E-state index in [0.717, 1.165) is 0 Å². The standard InChI is InChI=1S/C8H10N2O3/c1-10-5-9-4-6(10)7(11)2-3-8(12)13/h4-5H,2-3H2,1H3,(H,12,13). The van der Waals surface area contributed by atoms with Gasteiger partial charge in [0, 0.05) is 13.5 Å². The maximum Gasteiger partial charge on any atom is 0.303 e. The number of hydrogen-bond acceptors (Lipinski definition) is 3. The number of carboxylic acid groups (broad SMARTS) is 1.